The molecule has 1 amide bonds. The Morgan fingerprint density at radius 1 is 1.35 bits per heavy atom. The second-order valence-electron chi connectivity index (χ2n) is 6.45. The van der Waals surface area contributed by atoms with Gasteiger partial charge in [-0.2, -0.15) is 0 Å². The first-order valence-electron chi connectivity index (χ1n) is 9.01. The van der Waals surface area contributed by atoms with Crippen LogP contribution in [0, 0.1) is 5.92 Å². The lowest BCUT2D eigenvalue weighted by Crippen LogP contribution is -2.31. The Hall–Kier alpha value is -1.39. The Balaban J connectivity index is 1.84. The summed E-state index contributed by atoms with van der Waals surface area (Å²) >= 11 is 0. The molecule has 0 saturated carbocycles. The summed E-state index contributed by atoms with van der Waals surface area (Å²) in [5.41, 5.74) is 2.52. The van der Waals surface area contributed by atoms with Gasteiger partial charge in [0, 0.05) is 19.6 Å². The van der Waals surface area contributed by atoms with Gasteiger partial charge in [0.2, 0.25) is 5.91 Å². The van der Waals surface area contributed by atoms with E-state index >= 15 is 0 Å². The van der Waals surface area contributed by atoms with Gasteiger partial charge in [-0.25, -0.2) is 0 Å². The number of nitrogens with zero attached hydrogens (tertiary/aromatic N) is 1. The average molecular weight is 317 g/mol. The molecule has 23 heavy (non-hydrogen) atoms. The van der Waals surface area contributed by atoms with Crippen molar-refractivity contribution in [3.05, 3.63) is 35.4 Å². The highest BCUT2D eigenvalue weighted by Gasteiger charge is 2.21. The molecule has 0 spiro atoms. The zero-order valence-corrected chi connectivity index (χ0v) is 14.6. The Bertz CT molecular complexity index is 483. The number of hydrogen-bond acceptors (Lipinski definition) is 3. The minimum Gasteiger partial charge on any atom is -0.352 e. The summed E-state index contributed by atoms with van der Waals surface area (Å²) in [6.07, 6.45) is 3.44. The Morgan fingerprint density at radius 2 is 2.17 bits per heavy atom. The first kappa shape index (κ1) is 18.0. The summed E-state index contributed by atoms with van der Waals surface area (Å²) in [5.74, 6) is 0.321. The highest BCUT2D eigenvalue weighted by atomic mass is 16.1. The molecule has 1 aliphatic rings. The number of carbonyl (C=O) groups excluding carboxylic acids is 1. The minimum atomic E-state index is 0.141. The van der Waals surface area contributed by atoms with Crippen LogP contribution in [0.1, 0.15) is 44.2 Å². The van der Waals surface area contributed by atoms with Crippen LogP contribution in [0.4, 0.5) is 0 Å². The quantitative estimate of drug-likeness (QED) is 0.735. The molecule has 0 bridgehead atoms. The van der Waals surface area contributed by atoms with Crippen molar-refractivity contribution in [3.8, 4) is 0 Å². The number of unbranched alkanes of at least 4 members (excludes halogenated alkanes) is 1. The van der Waals surface area contributed by atoms with Crippen molar-refractivity contribution in [2.75, 3.05) is 26.2 Å². The van der Waals surface area contributed by atoms with Crippen molar-refractivity contribution < 1.29 is 4.79 Å². The number of nitrogens with one attached hydrogen (secondary N) is 2. The highest BCUT2D eigenvalue weighted by Crippen LogP contribution is 2.11. The van der Waals surface area contributed by atoms with Gasteiger partial charge in [-0.05, 0) is 43.6 Å². The Labute approximate surface area is 140 Å². The molecule has 2 rings (SSSR count). The summed E-state index contributed by atoms with van der Waals surface area (Å²) in [4.78, 5) is 14.6. The molecule has 2 N–H and O–H groups in total. The summed E-state index contributed by atoms with van der Waals surface area (Å²) in [7, 11) is 0. The predicted octanol–water partition coefficient (Wildman–Crippen LogP) is 2.53. The molecule has 0 aromatic heterocycles. The van der Waals surface area contributed by atoms with Crippen LogP contribution in [0.15, 0.2) is 24.3 Å². The fraction of sp³-hybridized carbons (Fsp3) is 0.632. The van der Waals surface area contributed by atoms with E-state index in [0.29, 0.717) is 6.54 Å². The van der Waals surface area contributed by atoms with Gasteiger partial charge in [-0.3, -0.25) is 9.69 Å². The second kappa shape index (κ2) is 9.68. The molecular formula is C19H31N3O. The number of amides is 1. The van der Waals surface area contributed by atoms with Gasteiger partial charge in [-0.15, -0.1) is 0 Å². The molecular weight excluding hydrogens is 286 g/mol. The van der Waals surface area contributed by atoms with Crippen molar-refractivity contribution in [1.82, 2.24) is 15.5 Å². The van der Waals surface area contributed by atoms with Gasteiger partial charge in [-0.1, -0.05) is 44.5 Å². The lowest BCUT2D eigenvalue weighted by molar-refractivity contribution is -0.124. The first-order chi connectivity index (χ1) is 11.2. The smallest absolute Gasteiger partial charge is 0.224 e. The molecule has 1 heterocycles. The largest absolute Gasteiger partial charge is 0.352 e. The van der Waals surface area contributed by atoms with Crippen LogP contribution >= 0.6 is 0 Å². The van der Waals surface area contributed by atoms with Crippen molar-refractivity contribution in [2.24, 2.45) is 5.92 Å². The van der Waals surface area contributed by atoms with Crippen LogP contribution in [0.25, 0.3) is 0 Å². The van der Waals surface area contributed by atoms with Crippen LogP contribution in [0.5, 0.6) is 0 Å². The molecule has 1 saturated heterocycles. The second-order valence-corrected chi connectivity index (χ2v) is 6.45. The summed E-state index contributed by atoms with van der Waals surface area (Å²) in [6, 6.07) is 8.60. The third-order valence-electron chi connectivity index (χ3n) is 4.57. The summed E-state index contributed by atoms with van der Waals surface area (Å²) in [6.45, 7) is 10.1. The van der Waals surface area contributed by atoms with E-state index < -0.39 is 0 Å². The van der Waals surface area contributed by atoms with Gasteiger partial charge in [0.15, 0.2) is 0 Å². The standard InChI is InChI=1S/C19H31N3O/c1-3-5-11-22(4-2)15-17-8-6-7-16(12-17)13-21-19(23)18-9-10-20-14-18/h6-8,12,18,20H,3-5,9-11,13-15H2,1-2H3,(H,21,23). The lowest BCUT2D eigenvalue weighted by atomic mass is 10.1. The predicted molar refractivity (Wildman–Crippen MR) is 95.1 cm³/mol. The molecule has 1 unspecified atom stereocenters. The highest BCUT2D eigenvalue weighted by molar-refractivity contribution is 5.79. The Kier molecular flexibility index (Phi) is 7.56. The van der Waals surface area contributed by atoms with Crippen LogP contribution in [-0.2, 0) is 17.9 Å². The van der Waals surface area contributed by atoms with E-state index in [2.05, 4.69) is 53.6 Å². The average Bonchev–Trinajstić information content (AvgIpc) is 3.11. The number of rotatable bonds is 9. The monoisotopic (exact) mass is 317 g/mol. The fourth-order valence-electron chi connectivity index (χ4n) is 3.04. The van der Waals surface area contributed by atoms with Crippen molar-refractivity contribution in [1.29, 1.82) is 0 Å². The van der Waals surface area contributed by atoms with Crippen molar-refractivity contribution >= 4 is 5.91 Å². The molecule has 0 aliphatic carbocycles. The molecule has 4 heteroatoms. The maximum Gasteiger partial charge on any atom is 0.224 e. The van der Waals surface area contributed by atoms with Gasteiger partial charge < -0.3 is 10.6 Å². The van der Waals surface area contributed by atoms with Crippen molar-refractivity contribution in [2.45, 2.75) is 46.2 Å². The van der Waals surface area contributed by atoms with E-state index in [9.17, 15) is 4.79 Å². The number of carbonyl (C=O) groups is 1. The van der Waals surface area contributed by atoms with Crippen LogP contribution in [0.2, 0.25) is 0 Å². The van der Waals surface area contributed by atoms with Gasteiger partial charge in [0.05, 0.1) is 5.92 Å². The normalized spacial score (nSPS) is 17.6. The molecule has 1 aliphatic heterocycles. The molecule has 1 atom stereocenters. The molecule has 128 valence electrons. The zero-order valence-electron chi connectivity index (χ0n) is 14.6. The van der Waals surface area contributed by atoms with E-state index in [1.54, 1.807) is 0 Å². The van der Waals surface area contributed by atoms with E-state index in [1.165, 1.54) is 24.0 Å². The first-order valence-corrected chi connectivity index (χ1v) is 9.01. The maximum atomic E-state index is 12.1. The topological polar surface area (TPSA) is 44.4 Å². The maximum absolute atomic E-state index is 12.1. The van der Waals surface area contributed by atoms with E-state index in [-0.39, 0.29) is 11.8 Å². The minimum absolute atomic E-state index is 0.141. The SMILES string of the molecule is CCCCN(CC)Cc1cccc(CNC(=O)C2CCNC2)c1. The van der Waals surface area contributed by atoms with Crippen LogP contribution < -0.4 is 10.6 Å². The molecule has 1 fully saturated rings. The molecule has 1 aromatic rings. The van der Waals surface area contributed by atoms with E-state index in [4.69, 9.17) is 0 Å². The Morgan fingerprint density at radius 3 is 2.87 bits per heavy atom. The molecule has 0 radical (unpaired) electrons. The number of benzene rings is 1. The van der Waals surface area contributed by atoms with Crippen LogP contribution in [0.3, 0.4) is 0 Å². The fourth-order valence-corrected chi connectivity index (χ4v) is 3.04. The summed E-state index contributed by atoms with van der Waals surface area (Å²) < 4.78 is 0. The third kappa shape index (κ3) is 5.96. The van der Waals surface area contributed by atoms with E-state index in [1.807, 2.05) is 0 Å². The van der Waals surface area contributed by atoms with Crippen LogP contribution in [-0.4, -0.2) is 37.0 Å². The van der Waals surface area contributed by atoms with Gasteiger partial charge >= 0.3 is 0 Å². The summed E-state index contributed by atoms with van der Waals surface area (Å²) in [5, 5.41) is 6.32. The lowest BCUT2D eigenvalue weighted by Gasteiger charge is -2.20. The zero-order chi connectivity index (χ0) is 16.5. The van der Waals surface area contributed by atoms with Gasteiger partial charge in [0.1, 0.15) is 0 Å². The van der Waals surface area contributed by atoms with E-state index in [0.717, 1.165) is 39.1 Å². The molecule has 4 nitrogen and oxygen atoms in total. The number of hydrogen-bond donors (Lipinski definition) is 2. The third-order valence-corrected chi connectivity index (χ3v) is 4.57. The van der Waals surface area contributed by atoms with Crippen molar-refractivity contribution in [3.63, 3.8) is 0 Å². The van der Waals surface area contributed by atoms with Gasteiger partial charge in [0.25, 0.3) is 0 Å². The molecule has 1 aromatic carbocycles.